The van der Waals surface area contributed by atoms with Crippen LogP contribution >= 0.6 is 22.9 Å². The van der Waals surface area contributed by atoms with Crippen molar-refractivity contribution in [2.24, 2.45) is 0 Å². The molecule has 16 heavy (non-hydrogen) atoms. The van der Waals surface area contributed by atoms with Gasteiger partial charge in [-0.15, -0.1) is 11.3 Å². The number of rotatable bonds is 6. The Morgan fingerprint density at radius 3 is 2.56 bits per heavy atom. The van der Waals surface area contributed by atoms with E-state index in [0.29, 0.717) is 12.1 Å². The van der Waals surface area contributed by atoms with Crippen LogP contribution in [-0.2, 0) is 6.54 Å². The summed E-state index contributed by atoms with van der Waals surface area (Å²) in [5.41, 5.74) is 0. The van der Waals surface area contributed by atoms with Gasteiger partial charge in [0.1, 0.15) is 0 Å². The highest BCUT2D eigenvalue weighted by molar-refractivity contribution is 7.16. The van der Waals surface area contributed by atoms with Crippen LogP contribution in [0.1, 0.15) is 25.6 Å². The molecular weight excluding hydrogens is 240 g/mol. The SMILES string of the molecule is CC(C)NCC(C)N(C)Cc1ccc(Cl)s1. The Hall–Kier alpha value is -0.0900. The molecule has 0 radical (unpaired) electrons. The van der Waals surface area contributed by atoms with Crippen molar-refractivity contribution in [3.8, 4) is 0 Å². The quantitative estimate of drug-likeness (QED) is 0.845. The molecule has 0 spiro atoms. The lowest BCUT2D eigenvalue weighted by Gasteiger charge is -2.25. The molecular formula is C12H21ClN2S. The molecule has 1 unspecified atom stereocenters. The first-order chi connectivity index (χ1) is 7.49. The van der Waals surface area contributed by atoms with Gasteiger partial charge in [0, 0.05) is 30.1 Å². The number of nitrogens with zero attached hydrogens (tertiary/aromatic N) is 1. The molecule has 1 atom stereocenters. The van der Waals surface area contributed by atoms with Crippen LogP contribution in [-0.4, -0.2) is 30.6 Å². The fourth-order valence-corrected chi connectivity index (χ4v) is 2.55. The third-order valence-electron chi connectivity index (χ3n) is 2.61. The molecule has 1 heterocycles. The number of likely N-dealkylation sites (N-methyl/N-ethyl adjacent to an activating group) is 1. The van der Waals surface area contributed by atoms with Gasteiger partial charge in [-0.05, 0) is 26.1 Å². The van der Waals surface area contributed by atoms with E-state index in [1.54, 1.807) is 11.3 Å². The van der Waals surface area contributed by atoms with Crippen LogP contribution in [0.15, 0.2) is 12.1 Å². The maximum atomic E-state index is 5.91. The summed E-state index contributed by atoms with van der Waals surface area (Å²) in [5, 5.41) is 3.45. The Kier molecular flexibility index (Phi) is 5.76. The highest BCUT2D eigenvalue weighted by Crippen LogP contribution is 2.22. The third kappa shape index (κ3) is 4.83. The highest BCUT2D eigenvalue weighted by Gasteiger charge is 2.10. The summed E-state index contributed by atoms with van der Waals surface area (Å²) in [7, 11) is 2.15. The van der Waals surface area contributed by atoms with Crippen molar-refractivity contribution >= 4 is 22.9 Å². The van der Waals surface area contributed by atoms with E-state index in [0.717, 1.165) is 17.4 Å². The Morgan fingerprint density at radius 2 is 2.06 bits per heavy atom. The molecule has 0 aromatic carbocycles. The minimum Gasteiger partial charge on any atom is -0.313 e. The summed E-state index contributed by atoms with van der Waals surface area (Å²) >= 11 is 7.58. The van der Waals surface area contributed by atoms with E-state index in [9.17, 15) is 0 Å². The number of nitrogens with one attached hydrogen (secondary N) is 1. The molecule has 1 aromatic rings. The maximum absolute atomic E-state index is 5.91. The van der Waals surface area contributed by atoms with Crippen molar-refractivity contribution in [3.63, 3.8) is 0 Å². The lowest BCUT2D eigenvalue weighted by atomic mass is 10.2. The Morgan fingerprint density at radius 1 is 1.38 bits per heavy atom. The maximum Gasteiger partial charge on any atom is 0.0931 e. The van der Waals surface area contributed by atoms with Crippen molar-refractivity contribution in [3.05, 3.63) is 21.3 Å². The molecule has 0 aliphatic heterocycles. The Bertz CT molecular complexity index is 312. The van der Waals surface area contributed by atoms with E-state index in [-0.39, 0.29) is 0 Å². The normalized spacial score (nSPS) is 13.7. The summed E-state index contributed by atoms with van der Waals surface area (Å²) in [4.78, 5) is 3.67. The van der Waals surface area contributed by atoms with Gasteiger partial charge in [-0.3, -0.25) is 4.90 Å². The highest BCUT2D eigenvalue weighted by atomic mass is 35.5. The van der Waals surface area contributed by atoms with Crippen LogP contribution in [0.2, 0.25) is 4.34 Å². The smallest absolute Gasteiger partial charge is 0.0931 e. The predicted octanol–water partition coefficient (Wildman–Crippen LogP) is 3.22. The lowest BCUT2D eigenvalue weighted by Crippen LogP contribution is -2.39. The fraction of sp³-hybridized carbons (Fsp3) is 0.667. The van der Waals surface area contributed by atoms with Gasteiger partial charge in [0.15, 0.2) is 0 Å². The van der Waals surface area contributed by atoms with Gasteiger partial charge in [-0.2, -0.15) is 0 Å². The van der Waals surface area contributed by atoms with E-state index in [2.05, 4.69) is 44.1 Å². The minimum absolute atomic E-state index is 0.531. The monoisotopic (exact) mass is 260 g/mol. The molecule has 0 aliphatic carbocycles. The summed E-state index contributed by atoms with van der Waals surface area (Å²) < 4.78 is 0.872. The largest absolute Gasteiger partial charge is 0.313 e. The average molecular weight is 261 g/mol. The van der Waals surface area contributed by atoms with E-state index in [1.165, 1.54) is 4.88 Å². The van der Waals surface area contributed by atoms with Crippen LogP contribution in [0.25, 0.3) is 0 Å². The second-order valence-corrected chi connectivity index (χ2v) is 6.33. The number of hydrogen-bond acceptors (Lipinski definition) is 3. The van der Waals surface area contributed by atoms with Crippen molar-refractivity contribution < 1.29 is 0 Å². The van der Waals surface area contributed by atoms with Crippen LogP contribution in [0, 0.1) is 0 Å². The van der Waals surface area contributed by atoms with E-state index >= 15 is 0 Å². The zero-order valence-corrected chi connectivity index (χ0v) is 12.0. The first-order valence-corrected chi connectivity index (χ1v) is 6.86. The first kappa shape index (κ1) is 14.0. The molecule has 0 saturated carbocycles. The summed E-state index contributed by atoms with van der Waals surface area (Å²) in [6.07, 6.45) is 0. The number of thiophene rings is 1. The van der Waals surface area contributed by atoms with Crippen molar-refractivity contribution in [1.29, 1.82) is 0 Å². The second-order valence-electron chi connectivity index (χ2n) is 4.53. The van der Waals surface area contributed by atoms with Crippen LogP contribution < -0.4 is 5.32 Å². The minimum atomic E-state index is 0.531. The lowest BCUT2D eigenvalue weighted by molar-refractivity contribution is 0.241. The molecule has 0 bridgehead atoms. The van der Waals surface area contributed by atoms with Crippen LogP contribution in [0.3, 0.4) is 0 Å². The molecule has 92 valence electrons. The predicted molar refractivity (Wildman–Crippen MR) is 73.4 cm³/mol. The van der Waals surface area contributed by atoms with Gasteiger partial charge in [0.05, 0.1) is 4.34 Å². The topological polar surface area (TPSA) is 15.3 Å². The molecule has 1 N–H and O–H groups in total. The molecule has 0 fully saturated rings. The average Bonchev–Trinajstić information content (AvgIpc) is 2.60. The van der Waals surface area contributed by atoms with Crippen LogP contribution in [0.5, 0.6) is 0 Å². The van der Waals surface area contributed by atoms with Gasteiger partial charge in [0.2, 0.25) is 0 Å². The van der Waals surface area contributed by atoms with Gasteiger partial charge in [0.25, 0.3) is 0 Å². The third-order valence-corrected chi connectivity index (χ3v) is 3.82. The zero-order valence-electron chi connectivity index (χ0n) is 10.5. The van der Waals surface area contributed by atoms with E-state index < -0.39 is 0 Å². The molecule has 0 saturated heterocycles. The van der Waals surface area contributed by atoms with E-state index in [4.69, 9.17) is 11.6 Å². The van der Waals surface area contributed by atoms with Crippen LogP contribution in [0.4, 0.5) is 0 Å². The van der Waals surface area contributed by atoms with Gasteiger partial charge >= 0.3 is 0 Å². The summed E-state index contributed by atoms with van der Waals surface area (Å²) in [6, 6.07) is 5.15. The molecule has 1 rings (SSSR count). The van der Waals surface area contributed by atoms with Crippen molar-refractivity contribution in [2.75, 3.05) is 13.6 Å². The van der Waals surface area contributed by atoms with Crippen molar-refractivity contribution in [2.45, 2.75) is 39.4 Å². The van der Waals surface area contributed by atoms with Gasteiger partial charge in [-0.25, -0.2) is 0 Å². The number of halogens is 1. The second kappa shape index (κ2) is 6.60. The summed E-state index contributed by atoms with van der Waals surface area (Å²) in [6.45, 7) is 8.58. The standard InChI is InChI=1S/C12H21ClN2S/c1-9(2)14-7-10(3)15(4)8-11-5-6-12(13)16-11/h5-6,9-10,14H,7-8H2,1-4H3. The first-order valence-electron chi connectivity index (χ1n) is 5.67. The van der Waals surface area contributed by atoms with Gasteiger partial charge < -0.3 is 5.32 Å². The number of hydrogen-bond donors (Lipinski definition) is 1. The Balaban J connectivity index is 2.36. The van der Waals surface area contributed by atoms with Crippen molar-refractivity contribution in [1.82, 2.24) is 10.2 Å². The molecule has 1 aromatic heterocycles. The van der Waals surface area contributed by atoms with Gasteiger partial charge in [-0.1, -0.05) is 25.4 Å². The zero-order chi connectivity index (χ0) is 12.1. The Labute approximate surface area is 108 Å². The molecule has 2 nitrogen and oxygen atoms in total. The summed E-state index contributed by atoms with van der Waals surface area (Å²) in [5.74, 6) is 0. The fourth-order valence-electron chi connectivity index (χ4n) is 1.40. The van der Waals surface area contributed by atoms with E-state index in [1.807, 2.05) is 6.07 Å². The molecule has 0 aliphatic rings. The molecule has 4 heteroatoms. The molecule has 0 amide bonds.